The summed E-state index contributed by atoms with van der Waals surface area (Å²) in [5, 5.41) is 9.11. The monoisotopic (exact) mass is 222 g/mol. The molecule has 1 aromatic rings. The third-order valence-corrected chi connectivity index (χ3v) is 3.52. The minimum absolute atomic E-state index is 0.547. The molecule has 1 aliphatic carbocycles. The summed E-state index contributed by atoms with van der Waals surface area (Å²) in [5.74, 6) is 0.257. The molecule has 4 heteroatoms. The van der Waals surface area contributed by atoms with Crippen molar-refractivity contribution < 1.29 is 9.90 Å². The fraction of sp³-hybridized carbons (Fsp3) is 0.667. The molecule has 0 amide bonds. The number of rotatable bonds is 3. The zero-order valence-electron chi connectivity index (χ0n) is 9.79. The first-order valence-electron chi connectivity index (χ1n) is 5.80. The average molecular weight is 222 g/mol. The molecule has 0 aliphatic heterocycles. The first-order chi connectivity index (χ1) is 7.51. The number of hydrogen-bond acceptors (Lipinski definition) is 2. The van der Waals surface area contributed by atoms with Crippen LogP contribution < -0.4 is 0 Å². The molecule has 88 valence electrons. The van der Waals surface area contributed by atoms with Crippen LogP contribution in [0.5, 0.6) is 0 Å². The average Bonchev–Trinajstić information content (AvgIpc) is 2.88. The Morgan fingerprint density at radius 1 is 1.50 bits per heavy atom. The second-order valence-corrected chi connectivity index (χ2v) is 5.10. The van der Waals surface area contributed by atoms with E-state index < -0.39 is 11.4 Å². The van der Waals surface area contributed by atoms with Crippen molar-refractivity contribution in [2.45, 2.75) is 50.9 Å². The third-order valence-electron chi connectivity index (χ3n) is 3.52. The first-order valence-corrected chi connectivity index (χ1v) is 5.80. The normalized spacial score (nSPS) is 17.9. The lowest BCUT2D eigenvalue weighted by Crippen LogP contribution is -2.29. The summed E-state index contributed by atoms with van der Waals surface area (Å²) in [7, 11) is 0. The Hall–Kier alpha value is -1.32. The van der Waals surface area contributed by atoms with Gasteiger partial charge in [-0.15, -0.1) is 0 Å². The molecule has 0 radical (unpaired) electrons. The number of carboxylic acid groups (broad SMARTS) is 1. The predicted octanol–water partition coefficient (Wildman–Crippen LogP) is 2.43. The van der Waals surface area contributed by atoms with Gasteiger partial charge >= 0.3 is 5.97 Å². The van der Waals surface area contributed by atoms with Gasteiger partial charge in [0.05, 0.1) is 0 Å². The molecule has 2 N–H and O–H groups in total. The molecular weight excluding hydrogens is 204 g/mol. The molecule has 0 spiro atoms. The number of carbonyl (C=O) groups is 1. The number of aromatic amines is 1. The summed E-state index contributed by atoms with van der Waals surface area (Å²) in [4.78, 5) is 18.5. The SMILES string of the molecule is CC(C)(C(=O)O)c1ncc(C2CCCC2)[nH]1. The van der Waals surface area contributed by atoms with Crippen molar-refractivity contribution in [1.29, 1.82) is 0 Å². The van der Waals surface area contributed by atoms with E-state index in [1.54, 1.807) is 20.0 Å². The molecule has 4 nitrogen and oxygen atoms in total. The highest BCUT2D eigenvalue weighted by Crippen LogP contribution is 2.34. The quantitative estimate of drug-likeness (QED) is 0.825. The summed E-state index contributed by atoms with van der Waals surface area (Å²) >= 11 is 0. The zero-order chi connectivity index (χ0) is 11.8. The van der Waals surface area contributed by atoms with E-state index in [9.17, 15) is 4.79 Å². The molecule has 1 fully saturated rings. The van der Waals surface area contributed by atoms with Gasteiger partial charge in [0.25, 0.3) is 0 Å². The molecule has 1 aromatic heterocycles. The number of aromatic nitrogens is 2. The number of nitrogens with zero attached hydrogens (tertiary/aromatic N) is 1. The van der Waals surface area contributed by atoms with Crippen LogP contribution in [-0.2, 0) is 10.2 Å². The maximum Gasteiger partial charge on any atom is 0.316 e. The van der Waals surface area contributed by atoms with Crippen molar-refractivity contribution in [1.82, 2.24) is 9.97 Å². The highest BCUT2D eigenvalue weighted by Gasteiger charge is 2.33. The lowest BCUT2D eigenvalue weighted by molar-refractivity contribution is -0.142. The van der Waals surface area contributed by atoms with Crippen molar-refractivity contribution >= 4 is 5.97 Å². The van der Waals surface area contributed by atoms with Crippen LogP contribution in [0.3, 0.4) is 0 Å². The van der Waals surface area contributed by atoms with E-state index in [4.69, 9.17) is 5.11 Å². The van der Waals surface area contributed by atoms with E-state index in [1.165, 1.54) is 25.7 Å². The minimum atomic E-state index is -0.934. The molecule has 0 atom stereocenters. The van der Waals surface area contributed by atoms with Gasteiger partial charge in [0.15, 0.2) is 0 Å². The Morgan fingerprint density at radius 3 is 2.69 bits per heavy atom. The van der Waals surface area contributed by atoms with Gasteiger partial charge in [-0.25, -0.2) is 4.98 Å². The topological polar surface area (TPSA) is 66.0 Å². The summed E-state index contributed by atoms with van der Waals surface area (Å²) in [6.45, 7) is 3.35. The standard InChI is InChI=1S/C12H18N2O2/c1-12(2,11(15)16)10-13-7-9(14-10)8-5-3-4-6-8/h7-8H,3-6H2,1-2H3,(H,13,14)(H,15,16). The minimum Gasteiger partial charge on any atom is -0.481 e. The highest BCUT2D eigenvalue weighted by molar-refractivity contribution is 5.78. The van der Waals surface area contributed by atoms with Gasteiger partial charge in [0.2, 0.25) is 0 Å². The van der Waals surface area contributed by atoms with Gasteiger partial charge in [-0.3, -0.25) is 4.79 Å². The van der Waals surface area contributed by atoms with Crippen LogP contribution in [0.1, 0.15) is 57.0 Å². The number of imidazole rings is 1. The van der Waals surface area contributed by atoms with E-state index in [1.807, 2.05) is 0 Å². The number of hydrogen-bond donors (Lipinski definition) is 2. The van der Waals surface area contributed by atoms with Crippen molar-refractivity contribution in [3.8, 4) is 0 Å². The van der Waals surface area contributed by atoms with Gasteiger partial charge in [0, 0.05) is 17.8 Å². The van der Waals surface area contributed by atoms with Crippen molar-refractivity contribution in [2.24, 2.45) is 0 Å². The van der Waals surface area contributed by atoms with Gasteiger partial charge in [0.1, 0.15) is 11.2 Å². The van der Waals surface area contributed by atoms with Gasteiger partial charge < -0.3 is 10.1 Å². The van der Waals surface area contributed by atoms with Crippen LogP contribution >= 0.6 is 0 Å². The van der Waals surface area contributed by atoms with Crippen LogP contribution in [0.25, 0.3) is 0 Å². The van der Waals surface area contributed by atoms with Crippen LogP contribution in [0.4, 0.5) is 0 Å². The van der Waals surface area contributed by atoms with E-state index in [0.29, 0.717) is 11.7 Å². The summed E-state index contributed by atoms with van der Waals surface area (Å²) in [6, 6.07) is 0. The molecule has 16 heavy (non-hydrogen) atoms. The largest absolute Gasteiger partial charge is 0.481 e. The molecule has 0 bridgehead atoms. The second-order valence-electron chi connectivity index (χ2n) is 5.10. The molecule has 2 rings (SSSR count). The van der Waals surface area contributed by atoms with E-state index in [-0.39, 0.29) is 0 Å². The van der Waals surface area contributed by atoms with Gasteiger partial charge in [-0.1, -0.05) is 12.8 Å². The fourth-order valence-electron chi connectivity index (χ4n) is 2.20. The predicted molar refractivity (Wildman–Crippen MR) is 60.5 cm³/mol. The van der Waals surface area contributed by atoms with Gasteiger partial charge in [-0.05, 0) is 26.7 Å². The van der Waals surface area contributed by atoms with Crippen LogP contribution in [0, 0.1) is 0 Å². The maximum absolute atomic E-state index is 11.1. The Morgan fingerprint density at radius 2 is 2.12 bits per heavy atom. The Bertz CT molecular complexity index is 389. The molecule has 0 aromatic carbocycles. The lowest BCUT2D eigenvalue weighted by Gasteiger charge is -2.16. The van der Waals surface area contributed by atoms with E-state index >= 15 is 0 Å². The number of aliphatic carboxylic acids is 1. The molecule has 1 heterocycles. The number of carboxylic acids is 1. The summed E-state index contributed by atoms with van der Waals surface area (Å²) in [6.07, 6.45) is 6.71. The van der Waals surface area contributed by atoms with Crippen LogP contribution in [-0.4, -0.2) is 21.0 Å². The van der Waals surface area contributed by atoms with Crippen molar-refractivity contribution in [3.63, 3.8) is 0 Å². The molecule has 0 saturated heterocycles. The van der Waals surface area contributed by atoms with Crippen LogP contribution in [0.2, 0.25) is 0 Å². The molecule has 1 aliphatic rings. The smallest absolute Gasteiger partial charge is 0.316 e. The summed E-state index contributed by atoms with van der Waals surface area (Å²) in [5.41, 5.74) is 0.165. The highest BCUT2D eigenvalue weighted by atomic mass is 16.4. The van der Waals surface area contributed by atoms with Gasteiger partial charge in [-0.2, -0.15) is 0 Å². The van der Waals surface area contributed by atoms with Crippen molar-refractivity contribution in [2.75, 3.05) is 0 Å². The maximum atomic E-state index is 11.1. The molecule has 0 unspecified atom stereocenters. The number of nitrogens with one attached hydrogen (secondary N) is 1. The van der Waals surface area contributed by atoms with Crippen molar-refractivity contribution in [3.05, 3.63) is 17.7 Å². The summed E-state index contributed by atoms with van der Waals surface area (Å²) < 4.78 is 0. The second kappa shape index (κ2) is 3.92. The number of H-pyrrole nitrogens is 1. The fourth-order valence-corrected chi connectivity index (χ4v) is 2.20. The molecular formula is C12H18N2O2. The third kappa shape index (κ3) is 1.84. The van der Waals surface area contributed by atoms with E-state index in [0.717, 1.165) is 5.69 Å². The molecule has 1 saturated carbocycles. The first kappa shape index (κ1) is 11.2. The lowest BCUT2D eigenvalue weighted by atomic mass is 9.93. The Balaban J connectivity index is 2.21. The van der Waals surface area contributed by atoms with E-state index in [2.05, 4.69) is 9.97 Å². The Labute approximate surface area is 95.1 Å². The Kier molecular flexibility index (Phi) is 2.74. The zero-order valence-corrected chi connectivity index (χ0v) is 9.79. The van der Waals surface area contributed by atoms with Crippen LogP contribution in [0.15, 0.2) is 6.20 Å².